The molecule has 1 amide bonds. The van der Waals surface area contributed by atoms with E-state index in [-0.39, 0.29) is 9.90 Å². The first-order valence-corrected chi connectivity index (χ1v) is 6.47. The standard InChI is InChI=1S/C10H9Cl2NO5S/c1-18-10(17)13-5(9(15)16)3-6(14)4-2-7(11)19-8(4)12/h2,5H,3H2,1H3,(H,13,17)(H,15,16)/t5-/m0/s1. The van der Waals surface area contributed by atoms with Crippen LogP contribution >= 0.6 is 34.5 Å². The number of ketones is 1. The van der Waals surface area contributed by atoms with Crippen LogP contribution < -0.4 is 5.32 Å². The van der Waals surface area contributed by atoms with Crippen molar-refractivity contribution in [3.8, 4) is 0 Å². The normalized spacial score (nSPS) is 11.7. The molecule has 1 atom stereocenters. The van der Waals surface area contributed by atoms with Crippen LogP contribution in [0.1, 0.15) is 16.8 Å². The van der Waals surface area contributed by atoms with Gasteiger partial charge in [-0.15, -0.1) is 11.3 Å². The molecule has 0 aliphatic carbocycles. The highest BCUT2D eigenvalue weighted by Crippen LogP contribution is 2.32. The Morgan fingerprint density at radius 3 is 2.53 bits per heavy atom. The van der Waals surface area contributed by atoms with E-state index in [0.29, 0.717) is 4.34 Å². The molecule has 0 saturated heterocycles. The van der Waals surface area contributed by atoms with Crippen LogP contribution in [0.25, 0.3) is 0 Å². The van der Waals surface area contributed by atoms with Crippen molar-refractivity contribution in [3.63, 3.8) is 0 Å². The zero-order chi connectivity index (χ0) is 14.6. The average molecular weight is 326 g/mol. The molecule has 0 aliphatic heterocycles. The predicted molar refractivity (Wildman–Crippen MR) is 70.3 cm³/mol. The van der Waals surface area contributed by atoms with Gasteiger partial charge in [0.2, 0.25) is 0 Å². The molecule has 9 heteroatoms. The maximum atomic E-state index is 11.9. The number of Topliss-reactive ketones (excluding diaryl/α,β-unsaturated/α-hetero) is 1. The van der Waals surface area contributed by atoms with Gasteiger partial charge in [0.15, 0.2) is 5.78 Å². The average Bonchev–Trinajstić information content (AvgIpc) is 2.67. The van der Waals surface area contributed by atoms with Gasteiger partial charge in [0.25, 0.3) is 0 Å². The van der Waals surface area contributed by atoms with E-state index >= 15 is 0 Å². The molecule has 0 aliphatic rings. The van der Waals surface area contributed by atoms with Crippen LogP contribution in [0.3, 0.4) is 0 Å². The van der Waals surface area contributed by atoms with E-state index in [2.05, 4.69) is 4.74 Å². The number of halogens is 2. The molecule has 104 valence electrons. The third-order valence-corrected chi connectivity index (χ3v) is 3.61. The molecule has 1 aromatic heterocycles. The van der Waals surface area contributed by atoms with Crippen molar-refractivity contribution in [2.75, 3.05) is 7.11 Å². The number of alkyl carbamates (subject to hydrolysis) is 1. The van der Waals surface area contributed by atoms with Crippen molar-refractivity contribution in [2.24, 2.45) is 0 Å². The smallest absolute Gasteiger partial charge is 0.407 e. The van der Waals surface area contributed by atoms with Gasteiger partial charge >= 0.3 is 12.1 Å². The molecular formula is C10H9Cl2NO5S. The fraction of sp³-hybridized carbons (Fsp3) is 0.300. The molecule has 1 heterocycles. The quantitative estimate of drug-likeness (QED) is 0.811. The summed E-state index contributed by atoms with van der Waals surface area (Å²) in [5.41, 5.74) is 0.134. The first-order chi connectivity index (χ1) is 8.85. The minimum atomic E-state index is -1.39. The van der Waals surface area contributed by atoms with E-state index in [0.717, 1.165) is 18.4 Å². The largest absolute Gasteiger partial charge is 0.480 e. The zero-order valence-electron chi connectivity index (χ0n) is 9.61. The molecule has 0 saturated carbocycles. The zero-order valence-corrected chi connectivity index (χ0v) is 11.9. The molecular weight excluding hydrogens is 317 g/mol. The Labute approximate surface area is 122 Å². The Hall–Kier alpha value is -1.31. The molecule has 0 bridgehead atoms. The summed E-state index contributed by atoms with van der Waals surface area (Å²) in [6.45, 7) is 0. The number of nitrogens with one attached hydrogen (secondary N) is 1. The van der Waals surface area contributed by atoms with Gasteiger partial charge in [0, 0.05) is 12.0 Å². The highest BCUT2D eigenvalue weighted by atomic mass is 35.5. The van der Waals surface area contributed by atoms with Gasteiger partial charge in [-0.2, -0.15) is 0 Å². The first kappa shape index (κ1) is 15.7. The molecule has 1 aromatic rings. The second kappa shape index (κ2) is 6.74. The molecule has 19 heavy (non-hydrogen) atoms. The predicted octanol–water partition coefficient (Wildman–Crippen LogP) is 2.44. The Kier molecular flexibility index (Phi) is 5.59. The second-order valence-corrected chi connectivity index (χ2v) is 5.68. The van der Waals surface area contributed by atoms with Crippen LogP contribution in [0.15, 0.2) is 6.07 Å². The van der Waals surface area contributed by atoms with Crippen molar-refractivity contribution in [1.29, 1.82) is 0 Å². The van der Waals surface area contributed by atoms with Crippen molar-refractivity contribution in [2.45, 2.75) is 12.5 Å². The van der Waals surface area contributed by atoms with Gasteiger partial charge in [-0.3, -0.25) is 4.79 Å². The van der Waals surface area contributed by atoms with E-state index in [1.165, 1.54) is 6.07 Å². The number of carbonyl (C=O) groups excluding carboxylic acids is 2. The molecule has 1 rings (SSSR count). The number of carboxylic acids is 1. The molecule has 0 unspecified atom stereocenters. The van der Waals surface area contributed by atoms with Crippen LogP contribution in [-0.2, 0) is 9.53 Å². The summed E-state index contributed by atoms with van der Waals surface area (Å²) in [6, 6.07) is -0.0387. The lowest BCUT2D eigenvalue weighted by atomic mass is 10.1. The number of hydrogen-bond acceptors (Lipinski definition) is 5. The van der Waals surface area contributed by atoms with Crippen LogP contribution in [0, 0.1) is 0 Å². The SMILES string of the molecule is COC(=O)N[C@@H](CC(=O)c1cc(Cl)sc1Cl)C(=O)O. The molecule has 0 radical (unpaired) electrons. The number of methoxy groups -OCH3 is 1. The molecule has 0 fully saturated rings. The molecule has 0 aromatic carbocycles. The lowest BCUT2D eigenvalue weighted by molar-refractivity contribution is -0.139. The Morgan fingerprint density at radius 2 is 2.11 bits per heavy atom. The molecule has 0 spiro atoms. The van der Waals surface area contributed by atoms with E-state index in [4.69, 9.17) is 28.3 Å². The highest BCUT2D eigenvalue weighted by Gasteiger charge is 2.26. The molecule has 6 nitrogen and oxygen atoms in total. The van der Waals surface area contributed by atoms with Gasteiger partial charge in [-0.05, 0) is 6.07 Å². The van der Waals surface area contributed by atoms with Crippen LogP contribution in [0.2, 0.25) is 8.67 Å². The number of carbonyl (C=O) groups is 3. The third kappa shape index (κ3) is 4.38. The lowest BCUT2D eigenvalue weighted by Gasteiger charge is -2.12. The molecule has 2 N–H and O–H groups in total. The van der Waals surface area contributed by atoms with Crippen molar-refractivity contribution in [3.05, 3.63) is 20.3 Å². The van der Waals surface area contributed by atoms with E-state index in [1.807, 2.05) is 5.32 Å². The van der Waals surface area contributed by atoms with E-state index < -0.39 is 30.3 Å². The van der Waals surface area contributed by atoms with Crippen molar-refractivity contribution in [1.82, 2.24) is 5.32 Å². The maximum Gasteiger partial charge on any atom is 0.407 e. The number of thiophene rings is 1. The summed E-state index contributed by atoms with van der Waals surface area (Å²) in [7, 11) is 1.09. The topological polar surface area (TPSA) is 92.7 Å². The lowest BCUT2D eigenvalue weighted by Crippen LogP contribution is -2.42. The number of amides is 1. The van der Waals surface area contributed by atoms with Crippen LogP contribution in [-0.4, -0.2) is 36.1 Å². The van der Waals surface area contributed by atoms with Crippen LogP contribution in [0.4, 0.5) is 4.79 Å². The summed E-state index contributed by atoms with van der Waals surface area (Å²) in [6.07, 6.45) is -1.38. The number of carboxylic acid groups (broad SMARTS) is 1. The van der Waals surface area contributed by atoms with E-state index in [9.17, 15) is 14.4 Å². The minimum Gasteiger partial charge on any atom is -0.480 e. The second-order valence-electron chi connectivity index (χ2n) is 3.39. The van der Waals surface area contributed by atoms with Gasteiger partial charge in [-0.25, -0.2) is 9.59 Å². The highest BCUT2D eigenvalue weighted by molar-refractivity contribution is 7.20. The number of aliphatic carboxylic acids is 1. The summed E-state index contributed by atoms with van der Waals surface area (Å²) in [5, 5.41) is 10.9. The van der Waals surface area contributed by atoms with Crippen molar-refractivity contribution >= 4 is 52.4 Å². The Morgan fingerprint density at radius 1 is 1.47 bits per heavy atom. The van der Waals surface area contributed by atoms with E-state index in [1.54, 1.807) is 0 Å². The number of rotatable bonds is 5. The number of hydrogen-bond donors (Lipinski definition) is 2. The maximum absolute atomic E-state index is 11.9. The van der Waals surface area contributed by atoms with Gasteiger partial charge < -0.3 is 15.2 Å². The third-order valence-electron chi connectivity index (χ3n) is 2.12. The fourth-order valence-electron chi connectivity index (χ4n) is 1.23. The summed E-state index contributed by atoms with van der Waals surface area (Å²) in [4.78, 5) is 33.8. The first-order valence-electron chi connectivity index (χ1n) is 4.90. The van der Waals surface area contributed by atoms with Gasteiger partial charge in [0.1, 0.15) is 10.4 Å². The van der Waals surface area contributed by atoms with Crippen molar-refractivity contribution < 1.29 is 24.2 Å². The van der Waals surface area contributed by atoms with Gasteiger partial charge in [0.05, 0.1) is 11.4 Å². The summed E-state index contributed by atoms with van der Waals surface area (Å²) < 4.78 is 4.77. The minimum absolute atomic E-state index is 0.134. The van der Waals surface area contributed by atoms with Crippen LogP contribution in [0.5, 0.6) is 0 Å². The monoisotopic (exact) mass is 325 g/mol. The number of ether oxygens (including phenoxy) is 1. The fourth-order valence-corrected chi connectivity index (χ4v) is 2.73. The summed E-state index contributed by atoms with van der Waals surface area (Å²) >= 11 is 12.5. The Balaban J connectivity index is 2.79. The summed E-state index contributed by atoms with van der Waals surface area (Å²) in [5.74, 6) is -1.88. The van der Waals surface area contributed by atoms with Gasteiger partial charge in [-0.1, -0.05) is 23.2 Å². The Bertz CT molecular complexity index is 516.